The Morgan fingerprint density at radius 3 is 2.19 bits per heavy atom. The number of carbonyl (C=O) groups excluding carboxylic acids is 1. The molecule has 0 aromatic carbocycles. The zero-order chi connectivity index (χ0) is 16.4. The van der Waals surface area contributed by atoms with Gasteiger partial charge in [0.25, 0.3) is 0 Å². The smallest absolute Gasteiger partial charge is 0.389 e. The van der Waals surface area contributed by atoms with Crippen LogP contribution in [0.25, 0.3) is 0 Å². The summed E-state index contributed by atoms with van der Waals surface area (Å²) < 4.78 is 45.7. The van der Waals surface area contributed by atoms with Gasteiger partial charge in [-0.2, -0.15) is 13.2 Å². The van der Waals surface area contributed by atoms with Crippen molar-refractivity contribution < 1.29 is 27.4 Å². The van der Waals surface area contributed by atoms with Crippen LogP contribution in [0, 0.1) is 0 Å². The van der Waals surface area contributed by atoms with E-state index in [4.69, 9.17) is 9.47 Å². The van der Waals surface area contributed by atoms with Crippen LogP contribution in [0.2, 0.25) is 0 Å². The van der Waals surface area contributed by atoms with Gasteiger partial charge in [0.2, 0.25) is 0 Å². The Balaban J connectivity index is 3.91. The summed E-state index contributed by atoms with van der Waals surface area (Å²) in [5.74, 6) is -0.340. The maximum absolute atomic E-state index is 11.9. The molecule has 0 aliphatic heterocycles. The first-order valence-electron chi connectivity index (χ1n) is 7.23. The van der Waals surface area contributed by atoms with Gasteiger partial charge in [-0.3, -0.25) is 4.79 Å². The summed E-state index contributed by atoms with van der Waals surface area (Å²) in [5, 5.41) is 3.14. The molecule has 0 saturated carbocycles. The molecule has 0 saturated heterocycles. The molecule has 0 bridgehead atoms. The first-order chi connectivity index (χ1) is 9.75. The number of esters is 1. The second kappa shape index (κ2) is 10.00. The average molecular weight is 313 g/mol. The molecule has 1 N–H and O–H groups in total. The van der Waals surface area contributed by atoms with E-state index in [1.54, 1.807) is 6.92 Å². The summed E-state index contributed by atoms with van der Waals surface area (Å²) in [6, 6.07) is 0. The van der Waals surface area contributed by atoms with Gasteiger partial charge in [0.1, 0.15) is 5.54 Å². The van der Waals surface area contributed by atoms with Gasteiger partial charge in [-0.15, -0.1) is 0 Å². The Kier molecular flexibility index (Phi) is 9.61. The number of nitrogens with one attached hydrogen (secondary N) is 1. The van der Waals surface area contributed by atoms with Gasteiger partial charge in [-0.25, -0.2) is 0 Å². The number of hydrogen-bond acceptors (Lipinski definition) is 4. The van der Waals surface area contributed by atoms with Crippen LogP contribution in [0.3, 0.4) is 0 Å². The van der Waals surface area contributed by atoms with Gasteiger partial charge in [-0.1, -0.05) is 6.92 Å². The lowest BCUT2D eigenvalue weighted by atomic mass is 9.96. The van der Waals surface area contributed by atoms with Crippen molar-refractivity contribution in [2.75, 3.05) is 26.9 Å². The Bertz CT molecular complexity index is 298. The Morgan fingerprint density at radius 1 is 1.14 bits per heavy atom. The van der Waals surface area contributed by atoms with E-state index >= 15 is 0 Å². The van der Waals surface area contributed by atoms with Crippen molar-refractivity contribution in [3.05, 3.63) is 0 Å². The molecule has 21 heavy (non-hydrogen) atoms. The molecule has 0 rings (SSSR count). The number of rotatable bonds is 11. The van der Waals surface area contributed by atoms with Gasteiger partial charge >= 0.3 is 12.1 Å². The van der Waals surface area contributed by atoms with Crippen molar-refractivity contribution in [1.29, 1.82) is 0 Å². The normalized spacial score (nSPS) is 14.8. The molecule has 0 spiro atoms. The SMILES string of the molecule is CCCNC(C)(CCCOCCCC(F)(F)F)C(=O)OC. The van der Waals surface area contributed by atoms with E-state index in [0.717, 1.165) is 6.42 Å². The topological polar surface area (TPSA) is 47.6 Å². The van der Waals surface area contributed by atoms with Crippen molar-refractivity contribution in [2.24, 2.45) is 0 Å². The summed E-state index contributed by atoms with van der Waals surface area (Å²) in [5.41, 5.74) is -0.778. The highest BCUT2D eigenvalue weighted by Crippen LogP contribution is 2.21. The van der Waals surface area contributed by atoms with Gasteiger partial charge in [0.05, 0.1) is 7.11 Å². The second-order valence-corrected chi connectivity index (χ2v) is 5.19. The molecule has 0 aromatic heterocycles. The number of alkyl halides is 3. The van der Waals surface area contributed by atoms with E-state index in [0.29, 0.717) is 26.0 Å². The van der Waals surface area contributed by atoms with Gasteiger partial charge in [0.15, 0.2) is 0 Å². The highest BCUT2D eigenvalue weighted by atomic mass is 19.4. The van der Waals surface area contributed by atoms with Crippen LogP contribution in [-0.2, 0) is 14.3 Å². The first-order valence-corrected chi connectivity index (χ1v) is 7.23. The lowest BCUT2D eigenvalue weighted by molar-refractivity contribution is -0.148. The zero-order valence-corrected chi connectivity index (χ0v) is 13.0. The minimum absolute atomic E-state index is 0.0359. The minimum Gasteiger partial charge on any atom is -0.468 e. The molecule has 1 unspecified atom stereocenters. The number of hydrogen-bond donors (Lipinski definition) is 1. The standard InChI is InChI=1S/C14H26F3NO3/c1-4-9-18-13(2,12(19)20-3)7-5-10-21-11-6-8-14(15,16)17/h18H,4-11H2,1-3H3. The first kappa shape index (κ1) is 20.2. The number of halogens is 3. The van der Waals surface area contributed by atoms with Crippen LogP contribution >= 0.6 is 0 Å². The van der Waals surface area contributed by atoms with Crippen molar-refractivity contribution in [1.82, 2.24) is 5.32 Å². The summed E-state index contributed by atoms with van der Waals surface area (Å²) in [6.07, 6.45) is -3.01. The fraction of sp³-hybridized carbons (Fsp3) is 0.929. The Hall–Kier alpha value is -0.820. The Labute approximate surface area is 124 Å². The van der Waals surface area contributed by atoms with Crippen molar-refractivity contribution in [2.45, 2.75) is 57.7 Å². The summed E-state index contributed by atoms with van der Waals surface area (Å²) in [7, 11) is 1.34. The summed E-state index contributed by atoms with van der Waals surface area (Å²) in [4.78, 5) is 11.8. The number of methoxy groups -OCH3 is 1. The number of carbonyl (C=O) groups is 1. The summed E-state index contributed by atoms with van der Waals surface area (Å²) >= 11 is 0. The fourth-order valence-corrected chi connectivity index (χ4v) is 1.89. The van der Waals surface area contributed by atoms with Crippen LogP contribution in [0.4, 0.5) is 13.2 Å². The predicted octanol–water partition coefficient (Wildman–Crippen LogP) is 3.06. The Morgan fingerprint density at radius 2 is 1.71 bits per heavy atom. The maximum Gasteiger partial charge on any atom is 0.389 e. The second-order valence-electron chi connectivity index (χ2n) is 5.19. The maximum atomic E-state index is 11.9. The molecule has 0 heterocycles. The average Bonchev–Trinajstić information content (AvgIpc) is 2.42. The third-order valence-electron chi connectivity index (χ3n) is 3.12. The van der Waals surface area contributed by atoms with Crippen molar-refractivity contribution in [3.63, 3.8) is 0 Å². The zero-order valence-electron chi connectivity index (χ0n) is 13.0. The quantitative estimate of drug-likeness (QED) is 0.470. The molecule has 0 aliphatic carbocycles. The van der Waals surface area contributed by atoms with E-state index in [-0.39, 0.29) is 19.0 Å². The molecular formula is C14H26F3NO3. The van der Waals surface area contributed by atoms with Crippen molar-refractivity contribution >= 4 is 5.97 Å². The molecule has 0 aromatic rings. The molecule has 0 fully saturated rings. The van der Waals surface area contributed by atoms with Gasteiger partial charge in [-0.05, 0) is 39.2 Å². The molecule has 7 heteroatoms. The van der Waals surface area contributed by atoms with E-state index in [1.807, 2.05) is 6.92 Å². The fourth-order valence-electron chi connectivity index (χ4n) is 1.89. The molecule has 0 radical (unpaired) electrons. The molecule has 0 amide bonds. The third-order valence-corrected chi connectivity index (χ3v) is 3.12. The lowest BCUT2D eigenvalue weighted by Gasteiger charge is -2.28. The van der Waals surface area contributed by atoms with Crippen LogP contribution in [0.5, 0.6) is 0 Å². The van der Waals surface area contributed by atoms with Crippen LogP contribution < -0.4 is 5.32 Å². The molecule has 0 aliphatic rings. The molecule has 4 nitrogen and oxygen atoms in total. The molecule has 126 valence electrons. The monoisotopic (exact) mass is 313 g/mol. The minimum atomic E-state index is -4.13. The van der Waals surface area contributed by atoms with Gasteiger partial charge in [0, 0.05) is 19.6 Å². The largest absolute Gasteiger partial charge is 0.468 e. The molecular weight excluding hydrogens is 287 g/mol. The van der Waals surface area contributed by atoms with Gasteiger partial charge < -0.3 is 14.8 Å². The highest BCUT2D eigenvalue weighted by Gasteiger charge is 2.32. The third kappa shape index (κ3) is 9.68. The van der Waals surface area contributed by atoms with E-state index < -0.39 is 18.1 Å². The van der Waals surface area contributed by atoms with Crippen LogP contribution in [-0.4, -0.2) is 44.6 Å². The summed E-state index contributed by atoms with van der Waals surface area (Å²) in [6.45, 7) is 4.86. The van der Waals surface area contributed by atoms with Crippen LogP contribution in [0.15, 0.2) is 0 Å². The van der Waals surface area contributed by atoms with Crippen molar-refractivity contribution in [3.8, 4) is 0 Å². The highest BCUT2D eigenvalue weighted by molar-refractivity contribution is 5.80. The van der Waals surface area contributed by atoms with E-state index in [2.05, 4.69) is 5.32 Å². The number of ether oxygens (including phenoxy) is 2. The van der Waals surface area contributed by atoms with E-state index in [1.165, 1.54) is 7.11 Å². The van der Waals surface area contributed by atoms with E-state index in [9.17, 15) is 18.0 Å². The lowest BCUT2D eigenvalue weighted by Crippen LogP contribution is -2.50. The van der Waals surface area contributed by atoms with Crippen LogP contribution in [0.1, 0.15) is 46.0 Å². The predicted molar refractivity (Wildman–Crippen MR) is 74.1 cm³/mol. The molecule has 1 atom stereocenters.